The molecule has 1 heterocycles. The van der Waals surface area contributed by atoms with Gasteiger partial charge < -0.3 is 14.5 Å². The molecule has 1 aliphatic rings. The topological polar surface area (TPSA) is 85.6 Å². The lowest BCUT2D eigenvalue weighted by Crippen LogP contribution is -2.42. The minimum absolute atomic E-state index is 0.110. The highest BCUT2D eigenvalue weighted by Gasteiger charge is 2.23. The van der Waals surface area contributed by atoms with Crippen molar-refractivity contribution in [1.29, 1.82) is 0 Å². The lowest BCUT2D eigenvalue weighted by atomic mass is 9.86. The Hall–Kier alpha value is -2.34. The van der Waals surface area contributed by atoms with Crippen LogP contribution < -0.4 is 10.7 Å². The summed E-state index contributed by atoms with van der Waals surface area (Å²) in [7, 11) is 0. The Morgan fingerprint density at radius 1 is 1.27 bits per heavy atom. The van der Waals surface area contributed by atoms with Crippen LogP contribution in [0, 0.1) is 5.92 Å². The normalized spacial score (nSPS) is 19.9. The monoisotopic (exact) mass is 377 g/mol. The molecule has 2 atom stereocenters. The number of halogens is 1. The lowest BCUT2D eigenvalue weighted by molar-refractivity contribution is -0.125. The molecule has 1 aromatic heterocycles. The smallest absolute Gasteiger partial charge is 0.374 e. The average molecular weight is 378 g/mol. The Kier molecular flexibility index (Phi) is 5.61. The first kappa shape index (κ1) is 18.5. The highest BCUT2D eigenvalue weighted by molar-refractivity contribution is 6.31. The van der Waals surface area contributed by atoms with Gasteiger partial charge in [-0.2, -0.15) is 0 Å². The maximum absolute atomic E-state index is 12.1. The van der Waals surface area contributed by atoms with Crippen molar-refractivity contribution in [1.82, 2.24) is 5.32 Å². The number of amides is 1. The molecule has 0 saturated heterocycles. The Bertz CT molecular complexity index is 891. The van der Waals surface area contributed by atoms with Crippen molar-refractivity contribution < 1.29 is 18.7 Å². The second kappa shape index (κ2) is 7.91. The number of benzene rings is 1. The van der Waals surface area contributed by atoms with Crippen molar-refractivity contribution in [2.24, 2.45) is 5.92 Å². The minimum Gasteiger partial charge on any atom is -0.450 e. The Balaban J connectivity index is 1.63. The summed E-state index contributed by atoms with van der Waals surface area (Å²) in [6.45, 7) is 1.69. The third-order valence-electron chi connectivity index (χ3n) is 4.68. The van der Waals surface area contributed by atoms with E-state index < -0.39 is 18.0 Å². The van der Waals surface area contributed by atoms with Gasteiger partial charge >= 0.3 is 5.97 Å². The summed E-state index contributed by atoms with van der Waals surface area (Å²) >= 11 is 5.85. The molecule has 26 heavy (non-hydrogen) atoms. The zero-order valence-corrected chi connectivity index (χ0v) is 15.2. The molecule has 1 N–H and O–H groups in total. The van der Waals surface area contributed by atoms with Gasteiger partial charge in [0.1, 0.15) is 5.58 Å². The third kappa shape index (κ3) is 4.25. The molecule has 1 aromatic carbocycles. The number of carbonyl (C=O) groups excluding carboxylic acids is 2. The predicted octanol–water partition coefficient (Wildman–Crippen LogP) is 3.30. The second-order valence-electron chi connectivity index (χ2n) is 6.63. The van der Waals surface area contributed by atoms with E-state index in [1.54, 1.807) is 6.07 Å². The number of carbonyl (C=O) groups is 2. The van der Waals surface area contributed by atoms with E-state index in [4.69, 9.17) is 20.8 Å². The van der Waals surface area contributed by atoms with Crippen LogP contribution in [0.3, 0.4) is 0 Å². The van der Waals surface area contributed by atoms with E-state index in [0.29, 0.717) is 10.9 Å². The molecule has 3 rings (SSSR count). The molecule has 6 nitrogen and oxygen atoms in total. The number of hydrogen-bond acceptors (Lipinski definition) is 5. The van der Waals surface area contributed by atoms with Crippen LogP contribution in [0.5, 0.6) is 0 Å². The summed E-state index contributed by atoms with van der Waals surface area (Å²) in [4.78, 5) is 36.2. The van der Waals surface area contributed by atoms with Gasteiger partial charge in [0.15, 0.2) is 12.0 Å². The zero-order valence-electron chi connectivity index (χ0n) is 14.4. The molecule has 138 valence electrons. The van der Waals surface area contributed by atoms with Crippen LogP contribution >= 0.6 is 11.6 Å². The van der Waals surface area contributed by atoms with Crippen LogP contribution in [-0.2, 0) is 9.53 Å². The Morgan fingerprint density at radius 3 is 2.81 bits per heavy atom. The number of ether oxygens (including phenoxy) is 1. The molecule has 0 radical (unpaired) electrons. The molecule has 1 aliphatic carbocycles. The highest BCUT2D eigenvalue weighted by Crippen LogP contribution is 2.23. The fourth-order valence-corrected chi connectivity index (χ4v) is 3.38. The number of rotatable bonds is 4. The molecule has 0 spiro atoms. The molecule has 7 heteroatoms. The van der Waals surface area contributed by atoms with Crippen LogP contribution in [-0.4, -0.2) is 24.5 Å². The van der Waals surface area contributed by atoms with Gasteiger partial charge in [0, 0.05) is 17.1 Å². The van der Waals surface area contributed by atoms with Crippen LogP contribution in [0.15, 0.2) is 33.5 Å². The van der Waals surface area contributed by atoms with Crippen molar-refractivity contribution in [2.45, 2.75) is 38.6 Å². The molecule has 0 unspecified atom stereocenters. The van der Waals surface area contributed by atoms with Gasteiger partial charge in [-0.3, -0.25) is 9.59 Å². The molecule has 0 aliphatic heterocycles. The predicted molar refractivity (Wildman–Crippen MR) is 97.3 cm³/mol. The molecule has 0 bridgehead atoms. The van der Waals surface area contributed by atoms with E-state index in [1.165, 1.54) is 18.6 Å². The van der Waals surface area contributed by atoms with Gasteiger partial charge in [-0.25, -0.2) is 4.79 Å². The molecular weight excluding hydrogens is 358 g/mol. The van der Waals surface area contributed by atoms with Crippen LogP contribution in [0.25, 0.3) is 11.0 Å². The molecule has 1 fully saturated rings. The third-order valence-corrected chi connectivity index (χ3v) is 4.92. The number of fused-ring (bicyclic) bond motifs is 1. The number of nitrogens with one attached hydrogen (secondary N) is 1. The SMILES string of the molecule is C[C@@H]1CCCC[C@H]1NC(=O)COC(=O)c1cc(=O)c2cc(Cl)ccc2o1. The zero-order chi connectivity index (χ0) is 18.7. The first-order valence-corrected chi connectivity index (χ1v) is 9.02. The maximum atomic E-state index is 12.1. The maximum Gasteiger partial charge on any atom is 0.374 e. The second-order valence-corrected chi connectivity index (χ2v) is 7.06. The van der Waals surface area contributed by atoms with Crippen LogP contribution in [0.2, 0.25) is 5.02 Å². The number of hydrogen-bond donors (Lipinski definition) is 1. The van der Waals surface area contributed by atoms with E-state index in [-0.39, 0.29) is 28.7 Å². The fraction of sp³-hybridized carbons (Fsp3) is 0.421. The van der Waals surface area contributed by atoms with Gasteiger partial charge in [-0.05, 0) is 37.0 Å². The fourth-order valence-electron chi connectivity index (χ4n) is 3.21. The standard InChI is InChI=1S/C19H20ClNO5/c1-11-4-2-3-5-14(11)21-18(23)10-25-19(24)17-9-15(22)13-8-12(20)6-7-16(13)26-17/h6-9,11,14H,2-5,10H2,1H3,(H,21,23)/t11-,14-/m1/s1. The van der Waals surface area contributed by atoms with Crippen molar-refractivity contribution >= 4 is 34.4 Å². The van der Waals surface area contributed by atoms with E-state index in [1.807, 2.05) is 0 Å². The highest BCUT2D eigenvalue weighted by atomic mass is 35.5. The van der Waals surface area contributed by atoms with Gasteiger partial charge in [-0.15, -0.1) is 0 Å². The van der Waals surface area contributed by atoms with Crippen molar-refractivity contribution in [2.75, 3.05) is 6.61 Å². The van der Waals surface area contributed by atoms with Gasteiger partial charge in [0.2, 0.25) is 5.76 Å². The summed E-state index contributed by atoms with van der Waals surface area (Å²) < 4.78 is 10.4. The minimum atomic E-state index is -0.856. The van der Waals surface area contributed by atoms with Crippen LogP contribution in [0.1, 0.15) is 43.2 Å². The molecular formula is C19H20ClNO5. The van der Waals surface area contributed by atoms with Gasteiger partial charge in [0.05, 0.1) is 5.39 Å². The van der Waals surface area contributed by atoms with E-state index in [0.717, 1.165) is 25.3 Å². The van der Waals surface area contributed by atoms with E-state index in [9.17, 15) is 14.4 Å². The van der Waals surface area contributed by atoms with E-state index >= 15 is 0 Å². The summed E-state index contributed by atoms with van der Waals surface area (Å²) in [6.07, 6.45) is 4.27. The van der Waals surface area contributed by atoms with Crippen molar-refractivity contribution in [3.63, 3.8) is 0 Å². The summed E-state index contributed by atoms with van der Waals surface area (Å²) in [5.41, 5.74) is -0.171. The first-order valence-electron chi connectivity index (χ1n) is 8.64. The molecule has 1 saturated carbocycles. The lowest BCUT2D eigenvalue weighted by Gasteiger charge is -2.29. The van der Waals surface area contributed by atoms with Crippen molar-refractivity contribution in [3.05, 3.63) is 45.3 Å². The average Bonchev–Trinajstić information content (AvgIpc) is 2.62. The van der Waals surface area contributed by atoms with Gasteiger partial charge in [-0.1, -0.05) is 31.4 Å². The summed E-state index contributed by atoms with van der Waals surface area (Å²) in [5.74, 6) is -1.05. The largest absolute Gasteiger partial charge is 0.450 e. The summed E-state index contributed by atoms with van der Waals surface area (Å²) in [6, 6.07) is 5.69. The van der Waals surface area contributed by atoms with Crippen LogP contribution in [0.4, 0.5) is 0 Å². The van der Waals surface area contributed by atoms with Gasteiger partial charge in [0.25, 0.3) is 5.91 Å². The van der Waals surface area contributed by atoms with Crippen molar-refractivity contribution in [3.8, 4) is 0 Å². The molecule has 2 aromatic rings. The molecule has 1 amide bonds. The number of esters is 1. The summed E-state index contributed by atoms with van der Waals surface area (Å²) in [5, 5.41) is 3.57. The quantitative estimate of drug-likeness (QED) is 0.826. The Morgan fingerprint density at radius 2 is 2.04 bits per heavy atom. The van der Waals surface area contributed by atoms with E-state index in [2.05, 4.69) is 12.2 Å². The first-order chi connectivity index (χ1) is 12.4. The Labute approximate surface area is 155 Å².